The summed E-state index contributed by atoms with van der Waals surface area (Å²) in [5, 5.41) is 18.5. The van der Waals surface area contributed by atoms with Gasteiger partial charge >= 0.3 is 0 Å². The van der Waals surface area contributed by atoms with Crippen LogP contribution in [0, 0.1) is 13.8 Å². The van der Waals surface area contributed by atoms with E-state index in [1.54, 1.807) is 7.11 Å². The van der Waals surface area contributed by atoms with Gasteiger partial charge in [-0.1, -0.05) is 55.8 Å². The molecule has 0 fully saturated rings. The van der Waals surface area contributed by atoms with Crippen molar-refractivity contribution in [2.24, 2.45) is 0 Å². The molecule has 0 spiro atoms. The van der Waals surface area contributed by atoms with Gasteiger partial charge < -0.3 is 19.5 Å². The van der Waals surface area contributed by atoms with Crippen LogP contribution in [0.1, 0.15) is 64.1 Å². The highest BCUT2D eigenvalue weighted by atomic mass is 16.5. The highest BCUT2D eigenvalue weighted by molar-refractivity contribution is 6.00. The van der Waals surface area contributed by atoms with E-state index in [2.05, 4.69) is 17.1 Å². The second kappa shape index (κ2) is 10.6. The quantitative estimate of drug-likeness (QED) is 0.256. The Bertz CT molecular complexity index is 1460. The van der Waals surface area contributed by atoms with Crippen LogP contribution in [0.15, 0.2) is 60.7 Å². The summed E-state index contributed by atoms with van der Waals surface area (Å²) in [5.41, 5.74) is 6.00. The van der Waals surface area contributed by atoms with E-state index in [9.17, 15) is 9.90 Å². The molecule has 4 aromatic rings. The number of nitrogens with zero attached hydrogens (tertiary/aromatic N) is 2. The average molecular weight is 512 g/mol. The molecule has 1 amide bonds. The van der Waals surface area contributed by atoms with Gasteiger partial charge in [-0.3, -0.25) is 9.89 Å². The first-order valence-electron chi connectivity index (χ1n) is 13.0. The number of carbonyl (C=O) groups is 1. The number of rotatable bonds is 9. The van der Waals surface area contributed by atoms with Gasteiger partial charge in [0.2, 0.25) is 0 Å². The lowest BCUT2D eigenvalue weighted by Gasteiger charge is -2.27. The summed E-state index contributed by atoms with van der Waals surface area (Å²) in [4.78, 5) is 15.6. The Morgan fingerprint density at radius 3 is 2.58 bits per heavy atom. The number of amides is 1. The van der Waals surface area contributed by atoms with Crippen LogP contribution in [0.3, 0.4) is 0 Å². The van der Waals surface area contributed by atoms with Crippen LogP contribution >= 0.6 is 0 Å². The van der Waals surface area contributed by atoms with Crippen LogP contribution < -0.4 is 9.47 Å². The smallest absolute Gasteiger partial charge is 0.273 e. The molecule has 5 rings (SSSR count). The summed E-state index contributed by atoms with van der Waals surface area (Å²) in [5.74, 6) is 1.30. The monoisotopic (exact) mass is 511 g/mol. The maximum Gasteiger partial charge on any atom is 0.273 e. The normalized spacial score (nSPS) is 14.6. The summed E-state index contributed by atoms with van der Waals surface area (Å²) >= 11 is 0. The summed E-state index contributed by atoms with van der Waals surface area (Å²) in [7, 11) is 1.62. The third kappa shape index (κ3) is 4.60. The molecule has 1 aromatic heterocycles. The molecule has 3 aromatic carbocycles. The van der Waals surface area contributed by atoms with Crippen LogP contribution in [0.25, 0.3) is 11.3 Å². The van der Waals surface area contributed by atoms with E-state index in [0.717, 1.165) is 40.7 Å². The Morgan fingerprint density at radius 1 is 1.05 bits per heavy atom. The molecule has 7 nitrogen and oxygen atoms in total. The van der Waals surface area contributed by atoms with Crippen LogP contribution in [0.2, 0.25) is 0 Å². The maximum atomic E-state index is 13.8. The van der Waals surface area contributed by atoms with E-state index < -0.39 is 6.04 Å². The van der Waals surface area contributed by atoms with Crippen molar-refractivity contribution >= 4 is 5.91 Å². The molecule has 2 N–H and O–H groups in total. The van der Waals surface area contributed by atoms with Crippen molar-refractivity contribution in [3.8, 4) is 28.5 Å². The van der Waals surface area contributed by atoms with Crippen LogP contribution in [-0.4, -0.2) is 39.8 Å². The molecular weight excluding hydrogens is 478 g/mol. The van der Waals surface area contributed by atoms with Crippen LogP contribution in [0.5, 0.6) is 17.2 Å². The first kappa shape index (κ1) is 25.4. The molecule has 0 radical (unpaired) electrons. The van der Waals surface area contributed by atoms with Crippen molar-refractivity contribution < 1.29 is 19.4 Å². The molecule has 38 heavy (non-hydrogen) atoms. The second-order valence-electron chi connectivity index (χ2n) is 9.77. The van der Waals surface area contributed by atoms with Gasteiger partial charge in [0, 0.05) is 17.7 Å². The number of aromatic amines is 1. The Kier molecular flexibility index (Phi) is 7.09. The third-order valence-electron chi connectivity index (χ3n) is 7.02. The van der Waals surface area contributed by atoms with Crippen molar-refractivity contribution in [1.82, 2.24) is 15.1 Å². The van der Waals surface area contributed by atoms with Crippen molar-refractivity contribution in [3.63, 3.8) is 0 Å². The van der Waals surface area contributed by atoms with E-state index in [-0.39, 0.29) is 11.7 Å². The predicted octanol–water partition coefficient (Wildman–Crippen LogP) is 6.33. The Morgan fingerprint density at radius 2 is 1.84 bits per heavy atom. The first-order chi connectivity index (χ1) is 18.4. The maximum absolute atomic E-state index is 13.8. The highest BCUT2D eigenvalue weighted by Gasteiger charge is 2.43. The van der Waals surface area contributed by atoms with Gasteiger partial charge in [-0.25, -0.2) is 0 Å². The number of H-pyrrole nitrogens is 1. The number of methoxy groups -OCH3 is 1. The standard InChI is InChI=1S/C31H33N3O4/c1-5-6-14-38-24-13-12-22(17-25(24)37-4)29-26-27(23-16-19(2)15-20(3)30(23)35)32-33-28(26)31(36)34(29)18-21-10-8-7-9-11-21/h7-13,15-17,29,35H,5-6,14,18H2,1-4H3,(H,32,33). The lowest BCUT2D eigenvalue weighted by molar-refractivity contribution is 0.0730. The minimum Gasteiger partial charge on any atom is -0.507 e. The summed E-state index contributed by atoms with van der Waals surface area (Å²) in [6.07, 6.45) is 1.99. The van der Waals surface area contributed by atoms with Gasteiger partial charge in [0.05, 0.1) is 19.8 Å². The fourth-order valence-corrected chi connectivity index (χ4v) is 5.13. The zero-order chi connectivity index (χ0) is 26.8. The van der Waals surface area contributed by atoms with Crippen LogP contribution in [-0.2, 0) is 6.54 Å². The minimum atomic E-state index is -0.440. The average Bonchev–Trinajstić information content (AvgIpc) is 3.46. The molecule has 0 bridgehead atoms. The fourth-order valence-electron chi connectivity index (χ4n) is 5.13. The predicted molar refractivity (Wildman–Crippen MR) is 147 cm³/mol. The van der Waals surface area contributed by atoms with Crippen molar-refractivity contribution in [2.75, 3.05) is 13.7 Å². The number of hydrogen-bond donors (Lipinski definition) is 2. The molecule has 1 atom stereocenters. The molecule has 1 unspecified atom stereocenters. The molecular formula is C31H33N3O4. The van der Waals surface area contributed by atoms with E-state index >= 15 is 0 Å². The lowest BCUT2D eigenvalue weighted by Crippen LogP contribution is -2.29. The Balaban J connectivity index is 1.65. The van der Waals surface area contributed by atoms with Gasteiger partial charge in [-0.15, -0.1) is 0 Å². The molecule has 0 saturated heterocycles. The number of nitrogens with one attached hydrogen (secondary N) is 1. The lowest BCUT2D eigenvalue weighted by atomic mass is 9.93. The van der Waals surface area contributed by atoms with E-state index in [1.807, 2.05) is 79.4 Å². The molecule has 2 heterocycles. The zero-order valence-corrected chi connectivity index (χ0v) is 22.2. The number of ether oxygens (including phenoxy) is 2. The van der Waals surface area contributed by atoms with E-state index in [4.69, 9.17) is 9.47 Å². The number of fused-ring (bicyclic) bond motifs is 1. The molecule has 1 aliphatic rings. The number of aromatic hydroxyl groups is 1. The summed E-state index contributed by atoms with van der Waals surface area (Å²) in [6, 6.07) is 19.1. The SMILES string of the molecule is CCCCOc1ccc(C2c3c(-c4cc(C)cc(C)c4O)n[nH]c3C(=O)N2Cc2ccccc2)cc1OC. The number of phenolic OH excluding ortho intramolecular Hbond substituents is 1. The largest absolute Gasteiger partial charge is 0.507 e. The van der Waals surface area contributed by atoms with Crippen LogP contribution in [0.4, 0.5) is 0 Å². The summed E-state index contributed by atoms with van der Waals surface area (Å²) in [6.45, 7) is 6.99. The van der Waals surface area contributed by atoms with Gasteiger partial charge in [-0.05, 0) is 60.7 Å². The van der Waals surface area contributed by atoms with E-state index in [0.29, 0.717) is 41.6 Å². The minimum absolute atomic E-state index is 0.140. The Labute approximate surface area is 223 Å². The number of unbranched alkanes of at least 4 members (excludes halogenated alkanes) is 1. The van der Waals surface area contributed by atoms with Gasteiger partial charge in [-0.2, -0.15) is 5.10 Å². The second-order valence-corrected chi connectivity index (χ2v) is 9.77. The van der Waals surface area contributed by atoms with Crippen molar-refractivity contribution in [2.45, 2.75) is 46.2 Å². The first-order valence-corrected chi connectivity index (χ1v) is 13.0. The van der Waals surface area contributed by atoms with Gasteiger partial charge in [0.25, 0.3) is 5.91 Å². The molecule has 0 aliphatic carbocycles. The van der Waals surface area contributed by atoms with Gasteiger partial charge in [0.1, 0.15) is 17.1 Å². The van der Waals surface area contributed by atoms with E-state index in [1.165, 1.54) is 0 Å². The molecule has 0 saturated carbocycles. The number of benzene rings is 3. The Hall–Kier alpha value is -4.26. The number of aromatic nitrogens is 2. The summed E-state index contributed by atoms with van der Waals surface area (Å²) < 4.78 is 11.7. The topological polar surface area (TPSA) is 87.7 Å². The molecule has 196 valence electrons. The number of carbonyl (C=O) groups excluding carboxylic acids is 1. The molecule has 7 heteroatoms. The molecule has 1 aliphatic heterocycles. The van der Waals surface area contributed by atoms with Crippen molar-refractivity contribution in [3.05, 3.63) is 94.2 Å². The van der Waals surface area contributed by atoms with Gasteiger partial charge in [0.15, 0.2) is 11.5 Å². The number of phenols is 1. The number of aryl methyl sites for hydroxylation is 2. The number of hydrogen-bond acceptors (Lipinski definition) is 5. The van der Waals surface area contributed by atoms with Crippen molar-refractivity contribution in [1.29, 1.82) is 0 Å². The fraction of sp³-hybridized carbons (Fsp3) is 0.290. The third-order valence-corrected chi connectivity index (χ3v) is 7.02. The zero-order valence-electron chi connectivity index (χ0n) is 22.2. The highest BCUT2D eigenvalue weighted by Crippen LogP contribution is 2.47.